The van der Waals surface area contributed by atoms with Crippen LogP contribution in [0.15, 0.2) is 15.9 Å². The van der Waals surface area contributed by atoms with Crippen LogP contribution in [-0.2, 0) is 6.54 Å². The highest BCUT2D eigenvalue weighted by molar-refractivity contribution is 9.11. The van der Waals surface area contributed by atoms with Gasteiger partial charge in [-0.1, -0.05) is 0 Å². The Morgan fingerprint density at radius 2 is 2.36 bits per heavy atom. The van der Waals surface area contributed by atoms with Gasteiger partial charge < -0.3 is 10.4 Å². The molecule has 0 bridgehead atoms. The summed E-state index contributed by atoms with van der Waals surface area (Å²) in [4.78, 5) is 1.32. The molecule has 0 radical (unpaired) electrons. The largest absolute Gasteiger partial charge is 0.392 e. The molecule has 0 aromatic carbocycles. The minimum atomic E-state index is -0.140. The Bertz CT molecular complexity index is 302. The van der Waals surface area contributed by atoms with E-state index in [9.17, 15) is 5.11 Å². The molecule has 1 aliphatic rings. The average Bonchev–Trinajstić information content (AvgIpc) is 2.72. The summed E-state index contributed by atoms with van der Waals surface area (Å²) in [6.07, 6.45) is 3.06. The fraction of sp³-hybridized carbons (Fsp3) is 0.600. The van der Waals surface area contributed by atoms with Crippen LogP contribution in [0.25, 0.3) is 0 Å². The number of rotatable bonds is 3. The van der Waals surface area contributed by atoms with Crippen LogP contribution < -0.4 is 5.32 Å². The first-order valence-electron chi connectivity index (χ1n) is 4.91. The molecule has 1 aromatic rings. The molecular weight excluding hydrogens is 262 g/mol. The summed E-state index contributed by atoms with van der Waals surface area (Å²) in [5.74, 6) is 0. The van der Waals surface area contributed by atoms with E-state index in [0.29, 0.717) is 6.04 Å². The monoisotopic (exact) mass is 275 g/mol. The molecule has 2 rings (SSSR count). The highest BCUT2D eigenvalue weighted by atomic mass is 79.9. The average molecular weight is 276 g/mol. The van der Waals surface area contributed by atoms with E-state index in [1.807, 2.05) is 0 Å². The molecule has 4 heteroatoms. The normalized spacial score (nSPS) is 27.0. The topological polar surface area (TPSA) is 32.3 Å². The van der Waals surface area contributed by atoms with Crippen LogP contribution in [0.4, 0.5) is 0 Å². The Kier molecular flexibility index (Phi) is 3.60. The maximum Gasteiger partial charge on any atom is 0.0701 e. The van der Waals surface area contributed by atoms with E-state index in [-0.39, 0.29) is 6.10 Å². The summed E-state index contributed by atoms with van der Waals surface area (Å²) >= 11 is 5.18. The van der Waals surface area contributed by atoms with Gasteiger partial charge in [0.1, 0.15) is 0 Å². The molecule has 0 aliphatic heterocycles. The van der Waals surface area contributed by atoms with Gasteiger partial charge in [-0.2, -0.15) is 0 Å². The van der Waals surface area contributed by atoms with Crippen molar-refractivity contribution in [2.45, 2.75) is 38.0 Å². The van der Waals surface area contributed by atoms with Gasteiger partial charge in [-0.05, 0) is 47.3 Å². The Balaban J connectivity index is 1.82. The smallest absolute Gasteiger partial charge is 0.0701 e. The van der Waals surface area contributed by atoms with Crippen molar-refractivity contribution in [3.8, 4) is 0 Å². The van der Waals surface area contributed by atoms with Gasteiger partial charge in [-0.3, -0.25) is 0 Å². The van der Waals surface area contributed by atoms with Gasteiger partial charge in [-0.15, -0.1) is 11.3 Å². The zero-order valence-corrected chi connectivity index (χ0v) is 10.3. The third-order valence-electron chi connectivity index (χ3n) is 2.65. The maximum absolute atomic E-state index is 9.60. The summed E-state index contributed by atoms with van der Waals surface area (Å²) in [7, 11) is 0. The highest BCUT2D eigenvalue weighted by Gasteiger charge is 2.24. The van der Waals surface area contributed by atoms with Gasteiger partial charge in [0.15, 0.2) is 0 Å². The van der Waals surface area contributed by atoms with Crippen LogP contribution in [0.5, 0.6) is 0 Å². The summed E-state index contributed by atoms with van der Waals surface area (Å²) in [5, 5.41) is 13.0. The third kappa shape index (κ3) is 2.57. The van der Waals surface area contributed by atoms with Crippen LogP contribution in [-0.4, -0.2) is 17.3 Å². The van der Waals surface area contributed by atoms with E-state index in [2.05, 4.69) is 33.4 Å². The predicted molar refractivity (Wildman–Crippen MR) is 62.5 cm³/mol. The van der Waals surface area contributed by atoms with E-state index in [4.69, 9.17) is 0 Å². The second-order valence-corrected chi connectivity index (χ2v) is 6.24. The molecule has 2 N–H and O–H groups in total. The molecule has 1 saturated carbocycles. The van der Waals surface area contributed by atoms with Crippen molar-refractivity contribution >= 4 is 27.3 Å². The molecule has 2 nitrogen and oxygen atoms in total. The summed E-state index contributed by atoms with van der Waals surface area (Å²) < 4.78 is 1.17. The van der Waals surface area contributed by atoms with E-state index >= 15 is 0 Å². The Labute approximate surface area is 96.5 Å². The van der Waals surface area contributed by atoms with E-state index in [1.165, 1.54) is 8.66 Å². The van der Waals surface area contributed by atoms with Crippen molar-refractivity contribution < 1.29 is 5.11 Å². The van der Waals surface area contributed by atoms with Crippen molar-refractivity contribution in [1.82, 2.24) is 5.32 Å². The van der Waals surface area contributed by atoms with Crippen molar-refractivity contribution in [3.63, 3.8) is 0 Å². The van der Waals surface area contributed by atoms with Crippen LogP contribution >= 0.6 is 27.3 Å². The summed E-state index contributed by atoms with van der Waals surface area (Å²) in [5.41, 5.74) is 0. The Morgan fingerprint density at radius 3 is 2.93 bits per heavy atom. The van der Waals surface area contributed by atoms with Crippen molar-refractivity contribution in [1.29, 1.82) is 0 Å². The van der Waals surface area contributed by atoms with Gasteiger partial charge in [0, 0.05) is 17.5 Å². The van der Waals surface area contributed by atoms with Crippen LogP contribution in [0.3, 0.4) is 0 Å². The zero-order chi connectivity index (χ0) is 9.97. The molecule has 0 spiro atoms. The number of aliphatic hydroxyl groups excluding tert-OH is 1. The summed E-state index contributed by atoms with van der Waals surface area (Å²) in [6, 6.07) is 4.48. The fourth-order valence-electron chi connectivity index (χ4n) is 1.86. The molecule has 1 fully saturated rings. The second kappa shape index (κ2) is 4.75. The molecule has 0 amide bonds. The van der Waals surface area contributed by atoms with Gasteiger partial charge in [-0.25, -0.2) is 0 Å². The first kappa shape index (κ1) is 10.6. The van der Waals surface area contributed by atoms with Gasteiger partial charge in [0.05, 0.1) is 9.89 Å². The molecule has 2 atom stereocenters. The minimum Gasteiger partial charge on any atom is -0.392 e. The third-order valence-corrected chi connectivity index (χ3v) is 4.27. The first-order chi connectivity index (χ1) is 6.75. The van der Waals surface area contributed by atoms with E-state index < -0.39 is 0 Å². The van der Waals surface area contributed by atoms with Gasteiger partial charge in [0.25, 0.3) is 0 Å². The number of hydrogen-bond acceptors (Lipinski definition) is 3. The fourth-order valence-corrected chi connectivity index (χ4v) is 3.29. The first-order valence-corrected chi connectivity index (χ1v) is 6.52. The Morgan fingerprint density at radius 1 is 1.50 bits per heavy atom. The second-order valence-electron chi connectivity index (χ2n) is 3.69. The lowest BCUT2D eigenvalue weighted by molar-refractivity contribution is 0.149. The lowest BCUT2D eigenvalue weighted by Crippen LogP contribution is -2.34. The lowest BCUT2D eigenvalue weighted by Gasteiger charge is -2.15. The van der Waals surface area contributed by atoms with Crippen LogP contribution in [0.1, 0.15) is 24.1 Å². The van der Waals surface area contributed by atoms with Crippen molar-refractivity contribution in [2.75, 3.05) is 0 Å². The molecule has 1 heterocycles. The van der Waals surface area contributed by atoms with Gasteiger partial charge >= 0.3 is 0 Å². The lowest BCUT2D eigenvalue weighted by atomic mass is 10.2. The summed E-state index contributed by atoms with van der Waals surface area (Å²) in [6.45, 7) is 0.873. The quantitative estimate of drug-likeness (QED) is 0.889. The molecule has 2 unspecified atom stereocenters. The molecule has 78 valence electrons. The van der Waals surface area contributed by atoms with Crippen LogP contribution in [0, 0.1) is 0 Å². The SMILES string of the molecule is OC1CCCC1NCc1ccc(Br)s1. The zero-order valence-electron chi connectivity index (χ0n) is 7.87. The number of hydrogen-bond donors (Lipinski definition) is 2. The molecule has 1 aromatic heterocycles. The minimum absolute atomic E-state index is 0.140. The Hall–Kier alpha value is 0.1000. The van der Waals surface area contributed by atoms with E-state index in [0.717, 1.165) is 25.8 Å². The molecule has 1 aliphatic carbocycles. The molecule has 14 heavy (non-hydrogen) atoms. The molecular formula is C10H14BrNOS. The van der Waals surface area contributed by atoms with E-state index in [1.54, 1.807) is 11.3 Å². The number of thiophene rings is 1. The van der Waals surface area contributed by atoms with Crippen molar-refractivity contribution in [2.24, 2.45) is 0 Å². The van der Waals surface area contributed by atoms with Crippen LogP contribution in [0.2, 0.25) is 0 Å². The number of halogens is 1. The predicted octanol–water partition coefficient (Wildman–Crippen LogP) is 2.51. The number of aliphatic hydroxyl groups is 1. The maximum atomic E-state index is 9.60. The highest BCUT2D eigenvalue weighted by Crippen LogP contribution is 2.23. The number of nitrogens with one attached hydrogen (secondary N) is 1. The van der Waals surface area contributed by atoms with Gasteiger partial charge in [0.2, 0.25) is 0 Å². The van der Waals surface area contributed by atoms with Crippen molar-refractivity contribution in [3.05, 3.63) is 20.8 Å². The molecule has 0 saturated heterocycles. The standard InChI is InChI=1S/C10H14BrNOS/c11-10-5-4-7(14-10)6-12-8-2-1-3-9(8)13/h4-5,8-9,12-13H,1-3,6H2.